The third-order valence-electron chi connectivity index (χ3n) is 4.10. The van der Waals surface area contributed by atoms with Crippen LogP contribution in [-0.2, 0) is 9.53 Å². The van der Waals surface area contributed by atoms with Crippen LogP contribution < -0.4 is 4.90 Å². The van der Waals surface area contributed by atoms with Crippen molar-refractivity contribution in [3.05, 3.63) is 65.8 Å². The predicted molar refractivity (Wildman–Crippen MR) is 89.7 cm³/mol. The molecule has 2 aromatic rings. The van der Waals surface area contributed by atoms with Crippen LogP contribution in [0.25, 0.3) is 0 Å². The predicted octanol–water partition coefficient (Wildman–Crippen LogP) is 3.58. The van der Waals surface area contributed by atoms with Crippen LogP contribution in [0.3, 0.4) is 0 Å². The van der Waals surface area contributed by atoms with Crippen LogP contribution in [0.5, 0.6) is 0 Å². The summed E-state index contributed by atoms with van der Waals surface area (Å²) in [4.78, 5) is 26.8. The summed E-state index contributed by atoms with van der Waals surface area (Å²) in [6.07, 6.45) is 3.09. The molecule has 2 heterocycles. The Hall–Kier alpha value is -2.82. The highest BCUT2D eigenvalue weighted by Crippen LogP contribution is 2.32. The number of rotatable bonds is 5. The van der Waals surface area contributed by atoms with Crippen molar-refractivity contribution in [3.63, 3.8) is 0 Å². The molecule has 5 heteroatoms. The zero-order valence-electron chi connectivity index (χ0n) is 13.5. The largest absolute Gasteiger partial charge is 0.466 e. The number of esters is 1. The Bertz CT molecular complexity index is 747. The van der Waals surface area contributed by atoms with Gasteiger partial charge in [-0.2, -0.15) is 0 Å². The number of hydrogen-bond acceptors (Lipinski definition) is 5. The highest BCUT2D eigenvalue weighted by atomic mass is 16.5. The van der Waals surface area contributed by atoms with Crippen molar-refractivity contribution >= 4 is 17.4 Å². The summed E-state index contributed by atoms with van der Waals surface area (Å²) in [6.45, 7) is 0.814. The number of ketones is 1. The van der Waals surface area contributed by atoms with Crippen molar-refractivity contribution in [2.45, 2.75) is 19.3 Å². The number of benzene rings is 1. The number of furan rings is 1. The number of nitrogens with zero attached hydrogens (tertiary/aromatic N) is 1. The fourth-order valence-corrected chi connectivity index (χ4v) is 2.98. The third-order valence-corrected chi connectivity index (χ3v) is 4.10. The smallest absolute Gasteiger partial charge is 0.335 e. The van der Waals surface area contributed by atoms with E-state index in [0.717, 1.165) is 30.8 Å². The molecular weight excluding hydrogens is 306 g/mol. The molecule has 0 radical (unpaired) electrons. The monoisotopic (exact) mass is 325 g/mol. The first-order chi connectivity index (χ1) is 11.7. The van der Waals surface area contributed by atoms with Gasteiger partial charge in [-0.15, -0.1) is 0 Å². The van der Waals surface area contributed by atoms with Gasteiger partial charge < -0.3 is 14.1 Å². The van der Waals surface area contributed by atoms with Crippen molar-refractivity contribution < 1.29 is 18.7 Å². The van der Waals surface area contributed by atoms with Crippen molar-refractivity contribution in [2.75, 3.05) is 18.6 Å². The second-order valence-corrected chi connectivity index (χ2v) is 5.58. The topological polar surface area (TPSA) is 59.8 Å². The molecule has 1 fully saturated rings. The minimum Gasteiger partial charge on any atom is -0.466 e. The van der Waals surface area contributed by atoms with Crippen LogP contribution in [0, 0.1) is 0 Å². The molecule has 24 heavy (non-hydrogen) atoms. The number of carbonyl (C=O) groups excluding carboxylic acids is 2. The molecule has 0 bridgehead atoms. The minimum atomic E-state index is -0.465. The van der Waals surface area contributed by atoms with E-state index in [1.165, 1.54) is 13.4 Å². The van der Waals surface area contributed by atoms with Gasteiger partial charge in [0.15, 0.2) is 5.76 Å². The van der Waals surface area contributed by atoms with Gasteiger partial charge in [-0.05, 0) is 37.1 Å². The lowest BCUT2D eigenvalue weighted by molar-refractivity contribution is -0.136. The van der Waals surface area contributed by atoms with Gasteiger partial charge in [0, 0.05) is 24.4 Å². The summed E-state index contributed by atoms with van der Waals surface area (Å²) < 4.78 is 10.1. The average Bonchev–Trinajstić information content (AvgIpc) is 3.31. The van der Waals surface area contributed by atoms with Crippen LogP contribution in [-0.4, -0.2) is 25.4 Å². The van der Waals surface area contributed by atoms with E-state index < -0.39 is 5.97 Å². The van der Waals surface area contributed by atoms with Gasteiger partial charge in [-0.3, -0.25) is 4.79 Å². The summed E-state index contributed by atoms with van der Waals surface area (Å²) in [5.74, 6) is -0.443. The maximum atomic E-state index is 12.4. The lowest BCUT2D eigenvalue weighted by atomic mass is 10.0. The number of carbonyl (C=O) groups is 2. The van der Waals surface area contributed by atoms with E-state index in [2.05, 4.69) is 4.90 Å². The Morgan fingerprint density at radius 2 is 1.96 bits per heavy atom. The van der Waals surface area contributed by atoms with Crippen LogP contribution in [0.15, 0.2) is 64.4 Å². The quantitative estimate of drug-likeness (QED) is 0.478. The zero-order chi connectivity index (χ0) is 16.9. The molecule has 0 atom stereocenters. The first kappa shape index (κ1) is 16.1. The van der Waals surface area contributed by atoms with Crippen LogP contribution >= 0.6 is 0 Å². The molecule has 3 rings (SSSR count). The van der Waals surface area contributed by atoms with E-state index in [0.29, 0.717) is 5.57 Å². The summed E-state index contributed by atoms with van der Waals surface area (Å²) in [5, 5.41) is 0. The average molecular weight is 325 g/mol. The maximum Gasteiger partial charge on any atom is 0.335 e. The molecule has 0 N–H and O–H groups in total. The van der Waals surface area contributed by atoms with Gasteiger partial charge >= 0.3 is 5.97 Å². The lowest BCUT2D eigenvalue weighted by Crippen LogP contribution is -2.22. The van der Waals surface area contributed by atoms with Gasteiger partial charge in [0.1, 0.15) is 0 Å². The van der Waals surface area contributed by atoms with E-state index in [-0.39, 0.29) is 18.0 Å². The second kappa shape index (κ2) is 7.17. The van der Waals surface area contributed by atoms with E-state index in [4.69, 9.17) is 9.15 Å². The molecule has 0 unspecified atom stereocenters. The number of allylic oxidation sites excluding steroid dienone is 1. The standard InChI is InChI=1S/C19H19NO4/c1-23-19(22)15(13-17(21)18-10-6-12-24-18)16-9-5-11-20(16)14-7-3-2-4-8-14/h2-4,6-8,10,12H,5,9,11,13H2,1H3/b16-15+. The van der Waals surface area contributed by atoms with E-state index in [1.54, 1.807) is 12.1 Å². The third kappa shape index (κ3) is 3.25. The molecule has 1 aromatic heterocycles. The van der Waals surface area contributed by atoms with Crippen molar-refractivity contribution in [1.82, 2.24) is 0 Å². The Balaban J connectivity index is 1.95. The van der Waals surface area contributed by atoms with Gasteiger partial charge in [0.2, 0.25) is 5.78 Å². The van der Waals surface area contributed by atoms with Crippen LogP contribution in [0.2, 0.25) is 0 Å². The molecule has 5 nitrogen and oxygen atoms in total. The SMILES string of the molecule is COC(=O)/C(CC(=O)c1ccco1)=C1\CCCN1c1ccccc1. The van der Waals surface area contributed by atoms with Crippen LogP contribution in [0.1, 0.15) is 29.8 Å². The number of para-hydroxylation sites is 1. The molecule has 1 aliphatic heterocycles. The van der Waals surface area contributed by atoms with Gasteiger partial charge in [-0.25, -0.2) is 4.79 Å². The van der Waals surface area contributed by atoms with E-state index >= 15 is 0 Å². The minimum absolute atomic E-state index is 0.0289. The van der Waals surface area contributed by atoms with Crippen LogP contribution in [0.4, 0.5) is 5.69 Å². The van der Waals surface area contributed by atoms with Crippen molar-refractivity contribution in [2.24, 2.45) is 0 Å². The fraction of sp³-hybridized carbons (Fsp3) is 0.263. The molecule has 1 saturated heterocycles. The summed E-state index contributed by atoms with van der Waals surface area (Å²) in [5.41, 5.74) is 2.27. The number of anilines is 1. The number of ether oxygens (including phenoxy) is 1. The maximum absolute atomic E-state index is 12.4. The molecule has 0 aliphatic carbocycles. The Labute approximate surface area is 140 Å². The molecule has 0 spiro atoms. The van der Waals surface area contributed by atoms with Crippen molar-refractivity contribution in [3.8, 4) is 0 Å². The molecule has 0 saturated carbocycles. The molecule has 124 valence electrons. The first-order valence-corrected chi connectivity index (χ1v) is 7.90. The summed E-state index contributed by atoms with van der Waals surface area (Å²) in [6, 6.07) is 13.1. The molecular formula is C19H19NO4. The zero-order valence-corrected chi connectivity index (χ0v) is 13.5. The summed E-state index contributed by atoms with van der Waals surface area (Å²) in [7, 11) is 1.34. The lowest BCUT2D eigenvalue weighted by Gasteiger charge is -2.22. The van der Waals surface area contributed by atoms with Gasteiger partial charge in [-0.1, -0.05) is 18.2 Å². The summed E-state index contributed by atoms with van der Waals surface area (Å²) >= 11 is 0. The Kier molecular flexibility index (Phi) is 4.79. The highest BCUT2D eigenvalue weighted by Gasteiger charge is 2.28. The highest BCUT2D eigenvalue weighted by molar-refractivity contribution is 6.02. The fourth-order valence-electron chi connectivity index (χ4n) is 2.98. The Morgan fingerprint density at radius 1 is 1.17 bits per heavy atom. The number of methoxy groups -OCH3 is 1. The molecule has 1 aliphatic rings. The van der Waals surface area contributed by atoms with Crippen molar-refractivity contribution in [1.29, 1.82) is 0 Å². The van der Waals surface area contributed by atoms with Gasteiger partial charge in [0.05, 0.1) is 18.9 Å². The second-order valence-electron chi connectivity index (χ2n) is 5.58. The Morgan fingerprint density at radius 3 is 2.62 bits per heavy atom. The molecule has 1 aromatic carbocycles. The first-order valence-electron chi connectivity index (χ1n) is 7.90. The van der Waals surface area contributed by atoms with E-state index in [1.807, 2.05) is 30.3 Å². The normalized spacial score (nSPS) is 16.1. The number of hydrogen-bond donors (Lipinski definition) is 0. The molecule has 0 amide bonds. The van der Waals surface area contributed by atoms with Gasteiger partial charge in [0.25, 0.3) is 0 Å². The van der Waals surface area contributed by atoms with E-state index in [9.17, 15) is 9.59 Å². The number of Topliss-reactive ketones (excluding diaryl/α,β-unsaturated/α-hetero) is 1.